The van der Waals surface area contributed by atoms with Gasteiger partial charge in [-0.1, -0.05) is 123 Å². The molecule has 0 saturated carbocycles. The summed E-state index contributed by atoms with van der Waals surface area (Å²) in [6.07, 6.45) is 26.2. The van der Waals surface area contributed by atoms with Gasteiger partial charge in [0.05, 0.1) is 13.2 Å². The molecule has 0 aliphatic rings. The largest absolute Gasteiger partial charge is 0.466 e. The summed E-state index contributed by atoms with van der Waals surface area (Å²) in [5.74, 6) is -0.190. The Balaban J connectivity index is 3.28. The molecule has 0 heterocycles. The minimum absolute atomic E-state index is 0.0949. The summed E-state index contributed by atoms with van der Waals surface area (Å²) in [7, 11) is 0. The molecular weight excluding hydrogens is 412 g/mol. The Bertz CT molecular complexity index is 384. The number of rotatable bonds is 26. The average molecular weight is 469 g/mol. The van der Waals surface area contributed by atoms with E-state index in [2.05, 4.69) is 13.8 Å². The van der Waals surface area contributed by atoms with Gasteiger partial charge in [0.1, 0.15) is 0 Å². The monoisotopic (exact) mass is 468 g/mol. The molecule has 4 heteroatoms. The van der Waals surface area contributed by atoms with E-state index in [1.807, 2.05) is 0 Å². The van der Waals surface area contributed by atoms with Gasteiger partial charge in [0, 0.05) is 12.8 Å². The molecule has 0 atom stereocenters. The van der Waals surface area contributed by atoms with Gasteiger partial charge < -0.3 is 9.47 Å². The Morgan fingerprint density at radius 3 is 1.00 bits per heavy atom. The first kappa shape index (κ1) is 31.9. The molecule has 0 fully saturated rings. The molecule has 196 valence electrons. The van der Waals surface area contributed by atoms with E-state index in [1.54, 1.807) is 0 Å². The lowest BCUT2D eigenvalue weighted by Gasteiger charge is -2.06. The third-order valence-corrected chi connectivity index (χ3v) is 6.28. The van der Waals surface area contributed by atoms with Crippen molar-refractivity contribution in [3.05, 3.63) is 0 Å². The summed E-state index contributed by atoms with van der Waals surface area (Å²) in [5.41, 5.74) is 0. The number of hydrogen-bond donors (Lipinski definition) is 0. The molecule has 4 nitrogen and oxygen atoms in total. The number of carbonyl (C=O) groups excluding carboxylic acids is 2. The van der Waals surface area contributed by atoms with Crippen LogP contribution in [-0.4, -0.2) is 25.2 Å². The molecule has 0 spiro atoms. The molecule has 0 aliphatic carbocycles. The van der Waals surface area contributed by atoms with Crippen LogP contribution in [0.2, 0.25) is 0 Å². The van der Waals surface area contributed by atoms with Crippen molar-refractivity contribution in [3.8, 4) is 0 Å². The highest BCUT2D eigenvalue weighted by Crippen LogP contribution is 2.11. The van der Waals surface area contributed by atoms with E-state index in [0.717, 1.165) is 44.9 Å². The summed E-state index contributed by atoms with van der Waals surface area (Å²) in [6.45, 7) is 5.61. The lowest BCUT2D eigenvalue weighted by Crippen LogP contribution is -2.07. The van der Waals surface area contributed by atoms with E-state index >= 15 is 0 Å². The first-order valence-electron chi connectivity index (χ1n) is 14.5. The van der Waals surface area contributed by atoms with E-state index in [4.69, 9.17) is 9.47 Å². The molecule has 0 aromatic carbocycles. The number of carbonyl (C=O) groups is 2. The maximum atomic E-state index is 11.8. The Hall–Kier alpha value is -1.06. The zero-order chi connectivity index (χ0) is 24.2. The predicted molar refractivity (Wildman–Crippen MR) is 139 cm³/mol. The van der Waals surface area contributed by atoms with Crippen molar-refractivity contribution in [1.29, 1.82) is 0 Å². The molecule has 0 aromatic heterocycles. The van der Waals surface area contributed by atoms with Crippen LogP contribution in [0, 0.1) is 0 Å². The predicted octanol–water partition coefficient (Wildman–Crippen LogP) is 9.08. The second-order valence-electron chi connectivity index (χ2n) is 9.66. The quantitative estimate of drug-likeness (QED) is 0.0938. The summed E-state index contributed by atoms with van der Waals surface area (Å²) < 4.78 is 10.6. The Kier molecular flexibility index (Phi) is 26.3. The van der Waals surface area contributed by atoms with Crippen LogP contribution in [0.4, 0.5) is 0 Å². The molecule has 0 saturated heterocycles. The molecule has 0 aromatic rings. The topological polar surface area (TPSA) is 52.6 Å². The van der Waals surface area contributed by atoms with Crippen LogP contribution < -0.4 is 0 Å². The second kappa shape index (κ2) is 27.2. The van der Waals surface area contributed by atoms with E-state index in [0.29, 0.717) is 26.1 Å². The smallest absolute Gasteiger partial charge is 0.305 e. The molecule has 0 aliphatic heterocycles. The van der Waals surface area contributed by atoms with Crippen LogP contribution in [0.3, 0.4) is 0 Å². The van der Waals surface area contributed by atoms with Crippen LogP contribution in [0.5, 0.6) is 0 Å². The molecular formula is C29H56O4. The standard InChI is InChI=1S/C29H56O4/c1-3-5-7-9-11-13-15-17-22-26-32-28(30)24-20-19-21-25-29(31)33-27-23-18-16-14-12-10-8-6-4-2/h3-27H2,1-2H3. The van der Waals surface area contributed by atoms with Crippen molar-refractivity contribution in [1.82, 2.24) is 0 Å². The van der Waals surface area contributed by atoms with Gasteiger partial charge in [-0.05, 0) is 25.7 Å². The minimum atomic E-state index is -0.0949. The van der Waals surface area contributed by atoms with Gasteiger partial charge in [-0.25, -0.2) is 0 Å². The molecule has 0 N–H and O–H groups in total. The molecule has 0 amide bonds. The van der Waals surface area contributed by atoms with E-state index < -0.39 is 0 Å². The third-order valence-electron chi connectivity index (χ3n) is 6.28. The summed E-state index contributed by atoms with van der Waals surface area (Å²) in [5, 5.41) is 0. The first-order chi connectivity index (χ1) is 16.2. The Morgan fingerprint density at radius 1 is 0.394 bits per heavy atom. The maximum absolute atomic E-state index is 11.8. The third kappa shape index (κ3) is 27.1. The van der Waals surface area contributed by atoms with Gasteiger partial charge in [-0.15, -0.1) is 0 Å². The van der Waals surface area contributed by atoms with Crippen molar-refractivity contribution >= 4 is 11.9 Å². The highest BCUT2D eigenvalue weighted by Gasteiger charge is 2.05. The SMILES string of the molecule is CCCCCCCCCCCOC(=O)CCCCCC(=O)OCCCCCCCCCCC. The summed E-state index contributed by atoms with van der Waals surface area (Å²) in [4.78, 5) is 23.6. The van der Waals surface area contributed by atoms with Crippen molar-refractivity contribution in [3.63, 3.8) is 0 Å². The van der Waals surface area contributed by atoms with E-state index in [9.17, 15) is 9.59 Å². The highest BCUT2D eigenvalue weighted by molar-refractivity contribution is 5.69. The van der Waals surface area contributed by atoms with Gasteiger partial charge in [-0.2, -0.15) is 0 Å². The van der Waals surface area contributed by atoms with Crippen LogP contribution in [0.15, 0.2) is 0 Å². The van der Waals surface area contributed by atoms with Crippen molar-refractivity contribution in [2.45, 2.75) is 162 Å². The fraction of sp³-hybridized carbons (Fsp3) is 0.931. The van der Waals surface area contributed by atoms with Gasteiger partial charge >= 0.3 is 11.9 Å². The zero-order valence-corrected chi connectivity index (χ0v) is 22.3. The van der Waals surface area contributed by atoms with Gasteiger partial charge in [-0.3, -0.25) is 9.59 Å². The minimum Gasteiger partial charge on any atom is -0.466 e. The summed E-state index contributed by atoms with van der Waals surface area (Å²) >= 11 is 0. The van der Waals surface area contributed by atoms with Crippen LogP contribution in [-0.2, 0) is 19.1 Å². The van der Waals surface area contributed by atoms with Gasteiger partial charge in [0.25, 0.3) is 0 Å². The van der Waals surface area contributed by atoms with Crippen molar-refractivity contribution in [2.24, 2.45) is 0 Å². The molecule has 0 unspecified atom stereocenters. The maximum Gasteiger partial charge on any atom is 0.305 e. The van der Waals surface area contributed by atoms with E-state index in [-0.39, 0.29) is 11.9 Å². The molecule has 0 bridgehead atoms. The highest BCUT2D eigenvalue weighted by atomic mass is 16.5. The lowest BCUT2D eigenvalue weighted by atomic mass is 10.1. The van der Waals surface area contributed by atoms with Crippen LogP contribution in [0.1, 0.15) is 162 Å². The number of unbranched alkanes of at least 4 members (excludes halogenated alkanes) is 18. The zero-order valence-electron chi connectivity index (χ0n) is 22.3. The molecule has 33 heavy (non-hydrogen) atoms. The van der Waals surface area contributed by atoms with E-state index in [1.165, 1.54) is 89.9 Å². The van der Waals surface area contributed by atoms with Gasteiger partial charge in [0.15, 0.2) is 0 Å². The van der Waals surface area contributed by atoms with Crippen LogP contribution >= 0.6 is 0 Å². The van der Waals surface area contributed by atoms with Gasteiger partial charge in [0.2, 0.25) is 0 Å². The first-order valence-corrected chi connectivity index (χ1v) is 14.5. The summed E-state index contributed by atoms with van der Waals surface area (Å²) in [6, 6.07) is 0. The number of ether oxygens (including phenoxy) is 2. The average Bonchev–Trinajstić information content (AvgIpc) is 2.81. The second-order valence-corrected chi connectivity index (χ2v) is 9.66. The Labute approximate surface area is 206 Å². The number of hydrogen-bond acceptors (Lipinski definition) is 4. The fourth-order valence-corrected chi connectivity index (χ4v) is 4.06. The fourth-order valence-electron chi connectivity index (χ4n) is 4.06. The molecule has 0 radical (unpaired) electrons. The molecule has 0 rings (SSSR count). The Morgan fingerprint density at radius 2 is 0.667 bits per heavy atom. The normalized spacial score (nSPS) is 11.0. The van der Waals surface area contributed by atoms with Crippen molar-refractivity contribution < 1.29 is 19.1 Å². The van der Waals surface area contributed by atoms with Crippen LogP contribution in [0.25, 0.3) is 0 Å². The van der Waals surface area contributed by atoms with Crippen molar-refractivity contribution in [2.75, 3.05) is 13.2 Å². The lowest BCUT2D eigenvalue weighted by molar-refractivity contribution is -0.144. The number of esters is 2.